The minimum absolute atomic E-state index is 0.138. The lowest BCUT2D eigenvalue weighted by molar-refractivity contribution is -0.144. The molecule has 1 heterocycles. The molecule has 15 heavy (non-hydrogen) atoms. The molecule has 4 nitrogen and oxygen atoms in total. The molecule has 3 N–H and O–H groups in total. The number of ether oxygens (including phenoxy) is 1. The maximum atomic E-state index is 13.0. The zero-order valence-corrected chi connectivity index (χ0v) is 7.87. The zero-order valence-electron chi connectivity index (χ0n) is 7.87. The van der Waals surface area contributed by atoms with Crippen LogP contribution >= 0.6 is 0 Å². The van der Waals surface area contributed by atoms with Gasteiger partial charge in [0.1, 0.15) is 17.1 Å². The fourth-order valence-electron chi connectivity index (χ4n) is 1.66. The van der Waals surface area contributed by atoms with Crippen molar-refractivity contribution in [3.8, 4) is 5.75 Å². The number of carboxylic acids is 1. The van der Waals surface area contributed by atoms with E-state index in [0.717, 1.165) is 6.07 Å². The van der Waals surface area contributed by atoms with Gasteiger partial charge in [-0.2, -0.15) is 0 Å². The standard InChI is InChI=1S/C10H10FNO3/c11-6-1-2-8-7(5-6)10(12,9(13)14)3-4-15-8/h1-2,5H,3-4,12H2,(H,13,14). The molecule has 1 aromatic carbocycles. The van der Waals surface area contributed by atoms with E-state index in [9.17, 15) is 9.18 Å². The summed E-state index contributed by atoms with van der Waals surface area (Å²) < 4.78 is 18.2. The Kier molecular flexibility index (Phi) is 2.12. The van der Waals surface area contributed by atoms with Crippen molar-refractivity contribution < 1.29 is 19.0 Å². The molecule has 1 aliphatic heterocycles. The van der Waals surface area contributed by atoms with Gasteiger partial charge in [0.25, 0.3) is 0 Å². The van der Waals surface area contributed by atoms with Gasteiger partial charge in [-0.05, 0) is 18.2 Å². The molecular weight excluding hydrogens is 201 g/mol. The molecule has 0 saturated carbocycles. The molecule has 0 aromatic heterocycles. The van der Waals surface area contributed by atoms with Crippen LogP contribution in [0.5, 0.6) is 5.75 Å². The number of nitrogens with two attached hydrogens (primary N) is 1. The Labute approximate surface area is 85.5 Å². The highest BCUT2D eigenvalue weighted by molar-refractivity contribution is 5.82. The molecule has 0 amide bonds. The van der Waals surface area contributed by atoms with Crippen LogP contribution in [0, 0.1) is 5.82 Å². The topological polar surface area (TPSA) is 72.6 Å². The quantitative estimate of drug-likeness (QED) is 0.722. The van der Waals surface area contributed by atoms with E-state index in [-0.39, 0.29) is 18.6 Å². The zero-order chi connectivity index (χ0) is 11.1. The smallest absolute Gasteiger partial charge is 0.328 e. The third kappa shape index (κ3) is 1.45. The van der Waals surface area contributed by atoms with Gasteiger partial charge in [0.15, 0.2) is 0 Å². The van der Waals surface area contributed by atoms with Crippen molar-refractivity contribution in [1.29, 1.82) is 0 Å². The molecule has 1 aromatic rings. The van der Waals surface area contributed by atoms with Gasteiger partial charge in [-0.25, -0.2) is 9.18 Å². The average Bonchev–Trinajstić information content (AvgIpc) is 2.19. The van der Waals surface area contributed by atoms with E-state index in [2.05, 4.69) is 0 Å². The van der Waals surface area contributed by atoms with Crippen molar-refractivity contribution >= 4 is 5.97 Å². The molecule has 0 fully saturated rings. The van der Waals surface area contributed by atoms with Crippen LogP contribution < -0.4 is 10.5 Å². The van der Waals surface area contributed by atoms with Gasteiger partial charge in [-0.3, -0.25) is 0 Å². The summed E-state index contributed by atoms with van der Waals surface area (Å²) in [5.41, 5.74) is 4.39. The summed E-state index contributed by atoms with van der Waals surface area (Å²) in [5.74, 6) is -1.35. The van der Waals surface area contributed by atoms with E-state index in [0.29, 0.717) is 5.75 Å². The number of hydrogen-bond acceptors (Lipinski definition) is 3. The molecule has 1 aliphatic rings. The monoisotopic (exact) mass is 211 g/mol. The Bertz CT molecular complexity index is 421. The van der Waals surface area contributed by atoms with Crippen LogP contribution in [-0.2, 0) is 10.3 Å². The number of aliphatic carboxylic acids is 1. The first-order valence-electron chi connectivity index (χ1n) is 4.49. The molecule has 1 atom stereocenters. The first-order valence-corrected chi connectivity index (χ1v) is 4.49. The highest BCUT2D eigenvalue weighted by Crippen LogP contribution is 2.35. The average molecular weight is 211 g/mol. The SMILES string of the molecule is NC1(C(=O)O)CCOc2ccc(F)cc21. The summed E-state index contributed by atoms with van der Waals surface area (Å²) in [6, 6.07) is 3.73. The molecule has 2 rings (SSSR count). The van der Waals surface area contributed by atoms with Gasteiger partial charge in [-0.15, -0.1) is 0 Å². The molecule has 80 valence electrons. The highest BCUT2D eigenvalue weighted by atomic mass is 19.1. The minimum Gasteiger partial charge on any atom is -0.493 e. The van der Waals surface area contributed by atoms with Crippen molar-refractivity contribution in [3.63, 3.8) is 0 Å². The highest BCUT2D eigenvalue weighted by Gasteiger charge is 2.41. The number of hydrogen-bond donors (Lipinski definition) is 2. The number of fused-ring (bicyclic) bond motifs is 1. The van der Waals surface area contributed by atoms with E-state index >= 15 is 0 Å². The van der Waals surface area contributed by atoms with Crippen LogP contribution in [-0.4, -0.2) is 17.7 Å². The van der Waals surface area contributed by atoms with E-state index in [1.807, 2.05) is 0 Å². The van der Waals surface area contributed by atoms with Crippen molar-refractivity contribution in [2.75, 3.05) is 6.61 Å². The van der Waals surface area contributed by atoms with Gasteiger partial charge in [0.05, 0.1) is 6.61 Å². The van der Waals surface area contributed by atoms with Gasteiger partial charge >= 0.3 is 5.97 Å². The Morgan fingerprint density at radius 1 is 1.60 bits per heavy atom. The lowest BCUT2D eigenvalue weighted by atomic mass is 9.85. The number of benzene rings is 1. The van der Waals surface area contributed by atoms with Crippen LogP contribution in [0.1, 0.15) is 12.0 Å². The lowest BCUT2D eigenvalue weighted by Crippen LogP contribution is -2.48. The summed E-state index contributed by atoms with van der Waals surface area (Å²) in [6.45, 7) is 0.224. The summed E-state index contributed by atoms with van der Waals surface area (Å²) >= 11 is 0. The van der Waals surface area contributed by atoms with E-state index in [1.165, 1.54) is 12.1 Å². The van der Waals surface area contributed by atoms with Gasteiger partial charge < -0.3 is 15.6 Å². The Morgan fingerprint density at radius 3 is 3.00 bits per heavy atom. The predicted molar refractivity (Wildman–Crippen MR) is 50.0 cm³/mol. The molecule has 5 heteroatoms. The summed E-state index contributed by atoms with van der Waals surface area (Å²) in [7, 11) is 0. The van der Waals surface area contributed by atoms with Crippen molar-refractivity contribution in [2.24, 2.45) is 5.73 Å². The van der Waals surface area contributed by atoms with Crippen molar-refractivity contribution in [2.45, 2.75) is 12.0 Å². The molecule has 0 saturated heterocycles. The minimum atomic E-state index is -1.55. The fraction of sp³-hybridized carbons (Fsp3) is 0.300. The van der Waals surface area contributed by atoms with Gasteiger partial charge in [0, 0.05) is 12.0 Å². The Morgan fingerprint density at radius 2 is 2.33 bits per heavy atom. The first-order chi connectivity index (χ1) is 7.04. The number of carbonyl (C=O) groups is 1. The second-order valence-electron chi connectivity index (χ2n) is 3.52. The van der Waals surface area contributed by atoms with E-state index in [4.69, 9.17) is 15.6 Å². The van der Waals surface area contributed by atoms with Crippen LogP contribution in [0.2, 0.25) is 0 Å². The molecule has 0 spiro atoms. The predicted octanol–water partition coefficient (Wildman–Crippen LogP) is 0.847. The maximum Gasteiger partial charge on any atom is 0.328 e. The van der Waals surface area contributed by atoms with Crippen molar-refractivity contribution in [1.82, 2.24) is 0 Å². The summed E-state index contributed by atoms with van der Waals surface area (Å²) in [4.78, 5) is 11.0. The molecule has 0 aliphatic carbocycles. The largest absolute Gasteiger partial charge is 0.493 e. The Hall–Kier alpha value is -1.62. The fourth-order valence-corrected chi connectivity index (χ4v) is 1.66. The van der Waals surface area contributed by atoms with Gasteiger partial charge in [-0.1, -0.05) is 0 Å². The lowest BCUT2D eigenvalue weighted by Gasteiger charge is -2.31. The molecule has 1 unspecified atom stereocenters. The Balaban J connectivity index is 2.59. The third-order valence-corrected chi connectivity index (χ3v) is 2.56. The molecule has 0 radical (unpaired) electrons. The maximum absolute atomic E-state index is 13.0. The summed E-state index contributed by atoms with van der Waals surface area (Å²) in [6.07, 6.45) is 0.138. The van der Waals surface area contributed by atoms with Crippen molar-refractivity contribution in [3.05, 3.63) is 29.6 Å². The second-order valence-corrected chi connectivity index (χ2v) is 3.52. The second kappa shape index (κ2) is 3.20. The third-order valence-electron chi connectivity index (χ3n) is 2.56. The molecule has 0 bridgehead atoms. The van der Waals surface area contributed by atoms with E-state index in [1.54, 1.807) is 0 Å². The number of halogens is 1. The van der Waals surface area contributed by atoms with E-state index < -0.39 is 17.3 Å². The number of rotatable bonds is 1. The van der Waals surface area contributed by atoms with Crippen LogP contribution in [0.3, 0.4) is 0 Å². The van der Waals surface area contributed by atoms with Gasteiger partial charge in [0.2, 0.25) is 0 Å². The summed E-state index contributed by atoms with van der Waals surface area (Å²) in [5, 5.41) is 9.03. The molecular formula is C10H10FNO3. The van der Waals surface area contributed by atoms with Crippen LogP contribution in [0.15, 0.2) is 18.2 Å². The normalized spacial score (nSPS) is 24.1. The van der Waals surface area contributed by atoms with Crippen LogP contribution in [0.4, 0.5) is 4.39 Å². The number of carboxylic acid groups (broad SMARTS) is 1. The van der Waals surface area contributed by atoms with Crippen LogP contribution in [0.25, 0.3) is 0 Å². The first kappa shape index (κ1) is 9.92.